The molecule has 0 saturated carbocycles. The Bertz CT molecular complexity index is 1190. The third kappa shape index (κ3) is 6.97. The number of ether oxygens (including phenoxy) is 2. The molecule has 0 fully saturated rings. The molecular formula is C29H32BrN3O4. The van der Waals surface area contributed by atoms with Crippen LogP contribution in [0.2, 0.25) is 0 Å². The van der Waals surface area contributed by atoms with Crippen molar-refractivity contribution in [2.75, 3.05) is 19.8 Å². The quantitative estimate of drug-likeness (QED) is 0.226. The summed E-state index contributed by atoms with van der Waals surface area (Å²) in [6.45, 7) is 3.00. The van der Waals surface area contributed by atoms with Crippen molar-refractivity contribution in [3.63, 3.8) is 0 Å². The van der Waals surface area contributed by atoms with Gasteiger partial charge in [-0.1, -0.05) is 58.4 Å². The van der Waals surface area contributed by atoms with E-state index in [1.54, 1.807) is 0 Å². The number of aliphatic hydroxyl groups is 1. The third-order valence-electron chi connectivity index (χ3n) is 6.30. The zero-order valence-electron chi connectivity index (χ0n) is 20.8. The number of aliphatic imine (C=N–C) groups is 1. The molecule has 0 saturated heterocycles. The number of benzene rings is 3. The molecule has 8 heteroatoms. The zero-order chi connectivity index (χ0) is 26.1. The van der Waals surface area contributed by atoms with Gasteiger partial charge in [0.1, 0.15) is 11.9 Å². The van der Waals surface area contributed by atoms with Gasteiger partial charge in [0, 0.05) is 36.0 Å². The van der Waals surface area contributed by atoms with E-state index in [9.17, 15) is 4.79 Å². The van der Waals surface area contributed by atoms with Crippen molar-refractivity contribution in [1.29, 1.82) is 0 Å². The van der Waals surface area contributed by atoms with E-state index in [1.807, 2.05) is 73.7 Å². The van der Waals surface area contributed by atoms with Gasteiger partial charge in [0.15, 0.2) is 5.54 Å². The van der Waals surface area contributed by atoms with Gasteiger partial charge in [-0.05, 0) is 60.9 Å². The molecule has 1 aliphatic heterocycles. The minimum absolute atomic E-state index is 0.0875. The molecule has 194 valence electrons. The van der Waals surface area contributed by atoms with Crippen molar-refractivity contribution >= 4 is 27.7 Å². The van der Waals surface area contributed by atoms with Crippen LogP contribution in [0.25, 0.3) is 0 Å². The number of aliphatic hydroxyl groups excluding tert-OH is 1. The number of hydrogen-bond acceptors (Lipinski definition) is 6. The lowest BCUT2D eigenvalue weighted by atomic mass is 9.86. The number of amides is 1. The third-order valence-corrected chi connectivity index (χ3v) is 6.83. The number of hydrazine groups is 1. The summed E-state index contributed by atoms with van der Waals surface area (Å²) in [6, 6.07) is 25.4. The van der Waals surface area contributed by atoms with Gasteiger partial charge < -0.3 is 14.6 Å². The molecule has 7 nitrogen and oxygen atoms in total. The Hall–Kier alpha value is -3.20. The largest absolute Gasteiger partial charge is 0.494 e. The fourth-order valence-electron chi connectivity index (χ4n) is 4.16. The van der Waals surface area contributed by atoms with Crippen molar-refractivity contribution in [2.45, 2.75) is 37.8 Å². The minimum atomic E-state index is -1.14. The second kappa shape index (κ2) is 12.9. The van der Waals surface area contributed by atoms with E-state index in [4.69, 9.17) is 19.6 Å². The highest BCUT2D eigenvalue weighted by atomic mass is 79.9. The molecule has 0 aliphatic carbocycles. The molecule has 1 heterocycles. The van der Waals surface area contributed by atoms with Crippen molar-refractivity contribution in [3.05, 3.63) is 100 Å². The van der Waals surface area contributed by atoms with E-state index in [2.05, 4.69) is 38.9 Å². The number of carbonyl (C=O) groups excluding carboxylic acids is 1. The molecule has 3 aromatic carbocycles. The predicted octanol–water partition coefficient (Wildman–Crippen LogP) is 4.22. The van der Waals surface area contributed by atoms with Crippen LogP contribution < -0.4 is 15.6 Å². The fourth-order valence-corrected chi connectivity index (χ4v) is 4.42. The lowest BCUT2D eigenvalue weighted by Gasteiger charge is -2.28. The van der Waals surface area contributed by atoms with Gasteiger partial charge in [-0.3, -0.25) is 10.2 Å². The number of nitrogens with zero attached hydrogens (tertiary/aromatic N) is 1. The molecule has 0 aromatic heterocycles. The number of hydrogen-bond donors (Lipinski definition) is 3. The molecule has 0 spiro atoms. The van der Waals surface area contributed by atoms with Crippen molar-refractivity contribution in [1.82, 2.24) is 10.9 Å². The average molecular weight is 566 g/mol. The summed E-state index contributed by atoms with van der Waals surface area (Å²) in [4.78, 5) is 18.5. The Kier molecular flexibility index (Phi) is 9.33. The fraction of sp³-hybridized carbons (Fsp3) is 0.310. The van der Waals surface area contributed by atoms with Gasteiger partial charge in [0.2, 0.25) is 5.90 Å². The first kappa shape index (κ1) is 26.9. The van der Waals surface area contributed by atoms with Crippen LogP contribution in [0, 0.1) is 0 Å². The maximum absolute atomic E-state index is 13.6. The molecule has 37 heavy (non-hydrogen) atoms. The molecule has 1 amide bonds. The molecule has 0 bridgehead atoms. The number of rotatable bonds is 12. The van der Waals surface area contributed by atoms with E-state index < -0.39 is 11.6 Å². The summed E-state index contributed by atoms with van der Waals surface area (Å²) in [5.74, 6) is 0.881. The van der Waals surface area contributed by atoms with Crippen LogP contribution in [0.15, 0.2) is 88.3 Å². The van der Waals surface area contributed by atoms with Crippen LogP contribution in [-0.2, 0) is 22.4 Å². The SMILES string of the molecule is C[C@@H]1OC(c2ccc(OCCCO)cc2)=N[C@]1(Cc1ccc(Br)cc1)C(=O)NNCCc1ccccc1. The number of halogens is 1. The first-order valence-corrected chi connectivity index (χ1v) is 13.2. The average Bonchev–Trinajstić information content (AvgIpc) is 3.25. The highest BCUT2D eigenvalue weighted by molar-refractivity contribution is 9.10. The molecule has 2 atom stereocenters. The van der Waals surface area contributed by atoms with Crippen LogP contribution in [0.3, 0.4) is 0 Å². The van der Waals surface area contributed by atoms with Crippen LogP contribution in [0.5, 0.6) is 5.75 Å². The second-order valence-corrected chi connectivity index (χ2v) is 9.89. The molecular weight excluding hydrogens is 534 g/mol. The van der Waals surface area contributed by atoms with Crippen LogP contribution in [0.1, 0.15) is 30.0 Å². The number of nitrogens with one attached hydrogen (secondary N) is 2. The van der Waals surface area contributed by atoms with Gasteiger partial charge in [-0.25, -0.2) is 10.4 Å². The Morgan fingerprint density at radius 3 is 2.49 bits per heavy atom. The predicted molar refractivity (Wildman–Crippen MR) is 148 cm³/mol. The molecule has 3 aromatic rings. The molecule has 4 rings (SSSR count). The Morgan fingerprint density at radius 1 is 1.05 bits per heavy atom. The van der Waals surface area contributed by atoms with Gasteiger partial charge in [0.25, 0.3) is 5.91 Å². The first-order valence-electron chi connectivity index (χ1n) is 12.4. The van der Waals surface area contributed by atoms with Crippen LogP contribution in [0.4, 0.5) is 0 Å². The second-order valence-electron chi connectivity index (χ2n) is 8.97. The summed E-state index contributed by atoms with van der Waals surface area (Å²) in [5, 5.41) is 8.94. The number of carbonyl (C=O) groups is 1. The lowest BCUT2D eigenvalue weighted by molar-refractivity contribution is -0.129. The van der Waals surface area contributed by atoms with E-state index in [0.29, 0.717) is 37.6 Å². The summed E-state index contributed by atoms with van der Waals surface area (Å²) >= 11 is 3.48. The van der Waals surface area contributed by atoms with E-state index >= 15 is 0 Å². The van der Waals surface area contributed by atoms with Crippen molar-refractivity contribution < 1.29 is 19.4 Å². The Labute approximate surface area is 226 Å². The Balaban J connectivity index is 1.51. The highest BCUT2D eigenvalue weighted by Gasteiger charge is 2.50. The maximum Gasteiger partial charge on any atom is 0.266 e. The molecule has 3 N–H and O–H groups in total. The van der Waals surface area contributed by atoms with Gasteiger partial charge >= 0.3 is 0 Å². The van der Waals surface area contributed by atoms with Gasteiger partial charge in [-0.15, -0.1) is 0 Å². The molecule has 0 radical (unpaired) electrons. The molecule has 0 unspecified atom stereocenters. The normalized spacial score (nSPS) is 18.7. The highest BCUT2D eigenvalue weighted by Crippen LogP contribution is 2.33. The monoisotopic (exact) mass is 565 g/mol. The topological polar surface area (TPSA) is 92.2 Å². The van der Waals surface area contributed by atoms with E-state index in [-0.39, 0.29) is 12.5 Å². The molecule has 1 aliphatic rings. The maximum atomic E-state index is 13.6. The zero-order valence-corrected chi connectivity index (χ0v) is 22.4. The van der Waals surface area contributed by atoms with Gasteiger partial charge in [-0.2, -0.15) is 0 Å². The summed E-state index contributed by atoms with van der Waals surface area (Å²) in [5.41, 5.74) is 7.75. The Morgan fingerprint density at radius 2 is 1.78 bits per heavy atom. The minimum Gasteiger partial charge on any atom is -0.494 e. The summed E-state index contributed by atoms with van der Waals surface area (Å²) in [6.07, 6.45) is 1.26. The van der Waals surface area contributed by atoms with E-state index in [1.165, 1.54) is 5.56 Å². The van der Waals surface area contributed by atoms with Crippen molar-refractivity contribution in [3.8, 4) is 5.75 Å². The van der Waals surface area contributed by atoms with Crippen molar-refractivity contribution in [2.24, 2.45) is 4.99 Å². The van der Waals surface area contributed by atoms with Crippen LogP contribution >= 0.6 is 15.9 Å². The van der Waals surface area contributed by atoms with Gasteiger partial charge in [0.05, 0.1) is 6.61 Å². The lowest BCUT2D eigenvalue weighted by Crippen LogP contribution is -2.56. The van der Waals surface area contributed by atoms with Crippen LogP contribution in [-0.4, -0.2) is 48.3 Å². The smallest absolute Gasteiger partial charge is 0.266 e. The first-order chi connectivity index (χ1) is 18.0. The summed E-state index contributed by atoms with van der Waals surface area (Å²) in [7, 11) is 0. The van der Waals surface area contributed by atoms with E-state index in [0.717, 1.165) is 22.0 Å². The standard InChI is InChI=1S/C29H32BrN3O4/c1-21-29(20-23-8-12-25(30)13-9-23,28(35)33-31-17-16-22-6-3-2-4-7-22)32-27(37-21)24-10-14-26(15-11-24)36-19-5-18-34/h2-4,6-15,21,31,34H,5,16-20H2,1H3,(H,33,35)/t21-,29-/m0/s1. The summed E-state index contributed by atoms with van der Waals surface area (Å²) < 4.78 is 12.8.